The van der Waals surface area contributed by atoms with E-state index in [1.54, 1.807) is 0 Å². The Morgan fingerprint density at radius 1 is 1.33 bits per heavy atom. The lowest BCUT2D eigenvalue weighted by Crippen LogP contribution is -2.45. The maximum atomic E-state index is 6.12. The van der Waals surface area contributed by atoms with Gasteiger partial charge < -0.3 is 19.9 Å². The van der Waals surface area contributed by atoms with E-state index in [0.717, 1.165) is 41.7 Å². The van der Waals surface area contributed by atoms with Crippen molar-refractivity contribution in [3.63, 3.8) is 0 Å². The van der Waals surface area contributed by atoms with Crippen molar-refractivity contribution in [1.29, 1.82) is 0 Å². The van der Waals surface area contributed by atoms with E-state index >= 15 is 0 Å². The topological polar surface area (TPSA) is 71.7 Å². The molecule has 0 aliphatic carbocycles. The van der Waals surface area contributed by atoms with Crippen molar-refractivity contribution in [2.45, 2.75) is 65.1 Å². The van der Waals surface area contributed by atoms with Crippen LogP contribution < -0.4 is 15.4 Å². The SMILES string of the molecule is CCNC(=NCc1cc(C(C)C)no1)NC1CC(C)(C)Oc2ccccc21. The van der Waals surface area contributed by atoms with Gasteiger partial charge in [-0.2, -0.15) is 0 Å². The molecule has 0 amide bonds. The van der Waals surface area contributed by atoms with Gasteiger partial charge >= 0.3 is 0 Å². The van der Waals surface area contributed by atoms with Gasteiger partial charge in [0.1, 0.15) is 17.9 Å². The first-order valence-corrected chi connectivity index (χ1v) is 9.66. The fourth-order valence-corrected chi connectivity index (χ4v) is 3.25. The molecule has 1 aromatic carbocycles. The van der Waals surface area contributed by atoms with E-state index in [1.165, 1.54) is 0 Å². The monoisotopic (exact) mass is 370 g/mol. The van der Waals surface area contributed by atoms with E-state index in [1.807, 2.05) is 24.3 Å². The molecule has 6 heteroatoms. The highest BCUT2D eigenvalue weighted by Crippen LogP contribution is 2.39. The summed E-state index contributed by atoms with van der Waals surface area (Å²) in [6.07, 6.45) is 0.855. The summed E-state index contributed by atoms with van der Waals surface area (Å²) in [6.45, 7) is 11.7. The van der Waals surface area contributed by atoms with Gasteiger partial charge in [-0.15, -0.1) is 0 Å². The number of aliphatic imine (C=N–C) groups is 1. The van der Waals surface area contributed by atoms with Crippen LogP contribution in [0.1, 0.15) is 70.0 Å². The summed E-state index contributed by atoms with van der Waals surface area (Å²) in [5.41, 5.74) is 1.88. The van der Waals surface area contributed by atoms with Crippen LogP contribution in [0.25, 0.3) is 0 Å². The molecule has 1 unspecified atom stereocenters. The summed E-state index contributed by atoms with van der Waals surface area (Å²) in [5.74, 6) is 2.80. The van der Waals surface area contributed by atoms with Crippen LogP contribution in [-0.2, 0) is 6.54 Å². The Hall–Kier alpha value is -2.50. The standard InChI is InChI=1S/C21H30N4O2/c1-6-22-20(23-13-15-11-17(14(2)3)25-27-15)24-18-12-21(4,5)26-19-10-8-7-9-16(18)19/h7-11,14,18H,6,12-13H2,1-5H3,(H2,22,23,24). The summed E-state index contributed by atoms with van der Waals surface area (Å²) in [5, 5.41) is 11.0. The molecule has 0 radical (unpaired) electrons. The normalized spacial score (nSPS) is 18.7. The van der Waals surface area contributed by atoms with Crippen LogP contribution in [0.4, 0.5) is 0 Å². The van der Waals surface area contributed by atoms with E-state index in [2.05, 4.69) is 56.5 Å². The molecule has 6 nitrogen and oxygen atoms in total. The molecule has 0 saturated carbocycles. The van der Waals surface area contributed by atoms with E-state index in [4.69, 9.17) is 14.3 Å². The molecule has 2 N–H and O–H groups in total. The minimum atomic E-state index is -0.236. The molecule has 3 rings (SSSR count). The zero-order chi connectivity index (χ0) is 19.4. The van der Waals surface area contributed by atoms with Crippen LogP contribution in [-0.4, -0.2) is 23.3 Å². The molecule has 0 spiro atoms. The maximum Gasteiger partial charge on any atom is 0.192 e. The Morgan fingerprint density at radius 2 is 2.11 bits per heavy atom. The fourth-order valence-electron chi connectivity index (χ4n) is 3.25. The Kier molecular flexibility index (Phi) is 5.73. The lowest BCUT2D eigenvalue weighted by Gasteiger charge is -2.38. The zero-order valence-electron chi connectivity index (χ0n) is 16.9. The molecule has 1 aromatic heterocycles. The molecule has 0 bridgehead atoms. The number of hydrogen-bond donors (Lipinski definition) is 2. The summed E-state index contributed by atoms with van der Waals surface area (Å²) in [7, 11) is 0. The molecule has 1 aliphatic rings. The number of ether oxygens (including phenoxy) is 1. The maximum absolute atomic E-state index is 6.12. The zero-order valence-corrected chi connectivity index (χ0v) is 16.9. The Balaban J connectivity index is 1.77. The molecular formula is C21H30N4O2. The second-order valence-corrected chi connectivity index (χ2v) is 7.87. The van der Waals surface area contributed by atoms with Crippen LogP contribution in [0, 0.1) is 0 Å². The van der Waals surface area contributed by atoms with Crippen LogP contribution in [0.2, 0.25) is 0 Å². The predicted octanol–water partition coefficient (Wildman–Crippen LogP) is 4.16. The van der Waals surface area contributed by atoms with Crippen LogP contribution in [0.5, 0.6) is 5.75 Å². The van der Waals surface area contributed by atoms with Gasteiger partial charge in [0.05, 0.1) is 11.7 Å². The summed E-state index contributed by atoms with van der Waals surface area (Å²) in [4.78, 5) is 4.69. The van der Waals surface area contributed by atoms with E-state index in [-0.39, 0.29) is 11.6 Å². The number of rotatable bonds is 5. The summed E-state index contributed by atoms with van der Waals surface area (Å²) in [6, 6.07) is 10.3. The van der Waals surface area contributed by atoms with Gasteiger partial charge in [0.2, 0.25) is 0 Å². The Morgan fingerprint density at radius 3 is 2.81 bits per heavy atom. The third kappa shape index (κ3) is 4.81. The number of fused-ring (bicyclic) bond motifs is 1. The van der Waals surface area contributed by atoms with Crippen LogP contribution in [0.3, 0.4) is 0 Å². The van der Waals surface area contributed by atoms with Crippen LogP contribution in [0.15, 0.2) is 39.8 Å². The van der Waals surface area contributed by atoms with Crippen molar-refractivity contribution in [2.75, 3.05) is 6.54 Å². The van der Waals surface area contributed by atoms with Gasteiger partial charge in [0.25, 0.3) is 0 Å². The molecular weight excluding hydrogens is 340 g/mol. The van der Waals surface area contributed by atoms with Crippen molar-refractivity contribution in [3.8, 4) is 5.75 Å². The number of nitrogens with zero attached hydrogens (tertiary/aromatic N) is 2. The number of hydrogen-bond acceptors (Lipinski definition) is 4. The summed E-state index contributed by atoms with van der Waals surface area (Å²) < 4.78 is 11.5. The van der Waals surface area contributed by atoms with Gasteiger partial charge in [-0.3, -0.25) is 0 Å². The van der Waals surface area contributed by atoms with Crippen molar-refractivity contribution < 1.29 is 9.26 Å². The molecule has 0 saturated heterocycles. The van der Waals surface area contributed by atoms with Gasteiger partial charge in [-0.25, -0.2) is 4.99 Å². The van der Waals surface area contributed by atoms with Gasteiger partial charge in [0, 0.05) is 24.6 Å². The van der Waals surface area contributed by atoms with Crippen molar-refractivity contribution in [3.05, 3.63) is 47.3 Å². The van der Waals surface area contributed by atoms with Crippen LogP contribution >= 0.6 is 0 Å². The largest absolute Gasteiger partial charge is 0.487 e. The Labute approximate surface area is 161 Å². The third-order valence-corrected chi connectivity index (χ3v) is 4.59. The minimum Gasteiger partial charge on any atom is -0.487 e. The highest BCUT2D eigenvalue weighted by atomic mass is 16.5. The highest BCUT2D eigenvalue weighted by Gasteiger charge is 2.33. The number of guanidine groups is 1. The number of benzene rings is 1. The molecule has 146 valence electrons. The smallest absolute Gasteiger partial charge is 0.192 e. The molecule has 1 atom stereocenters. The predicted molar refractivity (Wildman–Crippen MR) is 107 cm³/mol. The van der Waals surface area contributed by atoms with E-state index in [0.29, 0.717) is 12.5 Å². The van der Waals surface area contributed by atoms with Gasteiger partial charge in [-0.1, -0.05) is 37.2 Å². The molecule has 1 aliphatic heterocycles. The molecule has 27 heavy (non-hydrogen) atoms. The lowest BCUT2D eigenvalue weighted by atomic mass is 9.90. The lowest BCUT2D eigenvalue weighted by molar-refractivity contribution is 0.0694. The first-order valence-electron chi connectivity index (χ1n) is 9.66. The first-order chi connectivity index (χ1) is 12.9. The Bertz CT molecular complexity index is 795. The van der Waals surface area contributed by atoms with Crippen molar-refractivity contribution in [1.82, 2.24) is 15.8 Å². The average Bonchev–Trinajstić information content (AvgIpc) is 3.08. The summed E-state index contributed by atoms with van der Waals surface area (Å²) >= 11 is 0. The second-order valence-electron chi connectivity index (χ2n) is 7.87. The quantitative estimate of drug-likeness (QED) is 0.611. The molecule has 2 aromatic rings. The third-order valence-electron chi connectivity index (χ3n) is 4.59. The first kappa shape index (κ1) is 19.3. The van der Waals surface area contributed by atoms with Gasteiger partial charge in [-0.05, 0) is 32.8 Å². The fraction of sp³-hybridized carbons (Fsp3) is 0.524. The number of para-hydroxylation sites is 1. The number of aromatic nitrogens is 1. The number of nitrogens with one attached hydrogen (secondary N) is 2. The molecule has 2 heterocycles. The van der Waals surface area contributed by atoms with Crippen molar-refractivity contribution in [2.24, 2.45) is 4.99 Å². The second kappa shape index (κ2) is 8.03. The average molecular weight is 370 g/mol. The van der Waals surface area contributed by atoms with E-state index < -0.39 is 0 Å². The minimum absolute atomic E-state index is 0.128. The molecule has 0 fully saturated rings. The van der Waals surface area contributed by atoms with Crippen molar-refractivity contribution >= 4 is 5.96 Å². The van der Waals surface area contributed by atoms with E-state index in [9.17, 15) is 0 Å². The highest BCUT2D eigenvalue weighted by molar-refractivity contribution is 5.80. The van der Waals surface area contributed by atoms with Gasteiger partial charge in [0.15, 0.2) is 11.7 Å².